The highest BCUT2D eigenvalue weighted by Gasteiger charge is 2.70. The van der Waals surface area contributed by atoms with E-state index in [4.69, 9.17) is 0 Å². The summed E-state index contributed by atoms with van der Waals surface area (Å²) in [6, 6.07) is 13.4. The fourth-order valence-corrected chi connectivity index (χ4v) is 4.30. The van der Waals surface area contributed by atoms with E-state index in [1.807, 2.05) is 0 Å². The van der Waals surface area contributed by atoms with Crippen molar-refractivity contribution in [2.24, 2.45) is 0 Å². The second-order valence-corrected chi connectivity index (χ2v) is 6.35. The monoisotopic (exact) mass is 322 g/mol. The number of piperazine rings is 1. The second-order valence-electron chi connectivity index (χ2n) is 6.35. The number of carbonyl (C=O) groups is 2. The van der Waals surface area contributed by atoms with Gasteiger partial charge >= 0.3 is 0 Å². The summed E-state index contributed by atoms with van der Waals surface area (Å²) in [7, 11) is 0. The van der Waals surface area contributed by atoms with Crippen molar-refractivity contribution >= 4 is 11.8 Å². The number of rotatable bonds is 0. The maximum absolute atomic E-state index is 12.7. The van der Waals surface area contributed by atoms with Crippen molar-refractivity contribution in [2.45, 2.75) is 11.4 Å². The minimum atomic E-state index is -2.00. The van der Waals surface area contributed by atoms with Gasteiger partial charge in [0.25, 0.3) is 11.8 Å². The summed E-state index contributed by atoms with van der Waals surface area (Å²) in [4.78, 5) is 28.0. The van der Waals surface area contributed by atoms with Gasteiger partial charge in [0, 0.05) is 35.3 Å². The predicted molar refractivity (Wildman–Crippen MR) is 82.8 cm³/mol. The molecule has 3 aliphatic heterocycles. The number of aliphatic hydroxyl groups is 2. The Balaban J connectivity index is 1.86. The average Bonchev–Trinajstić information content (AvgIpc) is 2.98. The lowest BCUT2D eigenvalue weighted by Gasteiger charge is -2.52. The summed E-state index contributed by atoms with van der Waals surface area (Å²) in [5.41, 5.74) is -2.64. The van der Waals surface area contributed by atoms with Crippen molar-refractivity contribution in [2.75, 3.05) is 13.1 Å². The molecule has 0 unspecified atom stereocenters. The van der Waals surface area contributed by atoms with Crippen LogP contribution in [0.3, 0.4) is 0 Å². The highest BCUT2D eigenvalue weighted by atomic mass is 16.4. The van der Waals surface area contributed by atoms with Crippen molar-refractivity contribution < 1.29 is 19.8 Å². The van der Waals surface area contributed by atoms with E-state index in [0.29, 0.717) is 22.3 Å². The van der Waals surface area contributed by atoms with Gasteiger partial charge in [0.2, 0.25) is 11.4 Å². The Bertz CT molecular complexity index is 851. The van der Waals surface area contributed by atoms with E-state index >= 15 is 0 Å². The first-order valence-corrected chi connectivity index (χ1v) is 7.79. The summed E-state index contributed by atoms with van der Waals surface area (Å²) < 4.78 is 0. The highest BCUT2D eigenvalue weighted by molar-refractivity contribution is 6.03. The average molecular weight is 322 g/mol. The van der Waals surface area contributed by atoms with Gasteiger partial charge in [-0.1, -0.05) is 36.4 Å². The lowest BCUT2D eigenvalue weighted by Crippen LogP contribution is -2.69. The molecule has 6 nitrogen and oxygen atoms in total. The van der Waals surface area contributed by atoms with Gasteiger partial charge in [-0.2, -0.15) is 0 Å². The summed E-state index contributed by atoms with van der Waals surface area (Å²) in [5.74, 6) is -0.670. The Labute approximate surface area is 137 Å². The van der Waals surface area contributed by atoms with Crippen molar-refractivity contribution in [3.8, 4) is 0 Å². The van der Waals surface area contributed by atoms with E-state index in [2.05, 4.69) is 0 Å². The summed E-state index contributed by atoms with van der Waals surface area (Å²) >= 11 is 0. The second kappa shape index (κ2) is 4.03. The number of carbonyl (C=O) groups excluding carboxylic acids is 2. The third-order valence-corrected chi connectivity index (χ3v) is 5.37. The first-order chi connectivity index (χ1) is 11.5. The lowest BCUT2D eigenvalue weighted by molar-refractivity contribution is -0.297. The Morgan fingerprint density at radius 3 is 1.50 bits per heavy atom. The molecule has 1 fully saturated rings. The fourth-order valence-electron chi connectivity index (χ4n) is 4.30. The van der Waals surface area contributed by atoms with Gasteiger partial charge < -0.3 is 20.0 Å². The Morgan fingerprint density at radius 2 is 1.08 bits per heavy atom. The third-order valence-electron chi connectivity index (χ3n) is 5.37. The van der Waals surface area contributed by atoms with Gasteiger partial charge in [-0.25, -0.2) is 0 Å². The highest BCUT2D eigenvalue weighted by Crippen LogP contribution is 2.56. The Hall–Kier alpha value is -2.70. The molecule has 2 amide bonds. The third kappa shape index (κ3) is 1.20. The van der Waals surface area contributed by atoms with Crippen LogP contribution in [-0.2, 0) is 11.4 Å². The van der Waals surface area contributed by atoms with E-state index in [1.54, 1.807) is 48.5 Å². The number of hydrogen-bond acceptors (Lipinski definition) is 4. The van der Waals surface area contributed by atoms with Crippen LogP contribution < -0.4 is 0 Å². The molecular weight excluding hydrogens is 308 g/mol. The summed E-state index contributed by atoms with van der Waals surface area (Å²) in [6.07, 6.45) is 0. The Kier molecular flexibility index (Phi) is 2.30. The van der Waals surface area contributed by atoms with Crippen molar-refractivity contribution in [1.29, 1.82) is 0 Å². The number of fused-ring (bicyclic) bond motifs is 7. The minimum Gasteiger partial charge on any atom is -0.363 e. The van der Waals surface area contributed by atoms with E-state index in [-0.39, 0.29) is 24.9 Å². The van der Waals surface area contributed by atoms with Gasteiger partial charge in [-0.15, -0.1) is 0 Å². The van der Waals surface area contributed by atoms with E-state index in [9.17, 15) is 19.8 Å². The summed E-state index contributed by atoms with van der Waals surface area (Å²) in [5, 5.41) is 23.2. The number of amides is 2. The summed E-state index contributed by atoms with van der Waals surface area (Å²) in [6.45, 7) is 0.318. The SMILES string of the molecule is O=C1c2ccccc2[C@@]2(O)N1CCN1C(=O)c3ccccc3[C@@]12O. The lowest BCUT2D eigenvalue weighted by atomic mass is 9.84. The van der Waals surface area contributed by atoms with Gasteiger partial charge in [0.05, 0.1) is 0 Å². The first-order valence-electron chi connectivity index (χ1n) is 7.79. The van der Waals surface area contributed by atoms with Crippen LogP contribution >= 0.6 is 0 Å². The zero-order chi connectivity index (χ0) is 16.7. The molecule has 1 saturated heterocycles. The number of hydrogen-bond donors (Lipinski definition) is 2. The molecule has 0 saturated carbocycles. The van der Waals surface area contributed by atoms with Crippen LogP contribution in [-0.4, -0.2) is 44.9 Å². The quantitative estimate of drug-likeness (QED) is 0.744. The number of nitrogens with zero attached hydrogens (tertiary/aromatic N) is 2. The maximum atomic E-state index is 12.7. The van der Waals surface area contributed by atoms with E-state index in [0.717, 1.165) is 0 Å². The molecule has 0 bridgehead atoms. The normalized spacial score (nSPS) is 30.1. The van der Waals surface area contributed by atoms with Crippen LogP contribution in [0.15, 0.2) is 48.5 Å². The molecule has 120 valence electrons. The van der Waals surface area contributed by atoms with Crippen molar-refractivity contribution in [3.05, 3.63) is 70.8 Å². The van der Waals surface area contributed by atoms with Gasteiger partial charge in [0.1, 0.15) is 0 Å². The zero-order valence-corrected chi connectivity index (χ0v) is 12.6. The molecule has 0 radical (unpaired) electrons. The first kappa shape index (κ1) is 13.7. The van der Waals surface area contributed by atoms with Crippen LogP contribution in [0.2, 0.25) is 0 Å². The van der Waals surface area contributed by atoms with Gasteiger partial charge in [-0.05, 0) is 12.1 Å². The predicted octanol–water partition coefficient (Wildman–Crippen LogP) is 0.602. The maximum Gasteiger partial charge on any atom is 0.257 e. The minimum absolute atomic E-state index is 0.159. The standard InChI is InChI=1S/C18H14N2O4/c21-15-11-5-1-3-7-13(11)17(23)18(24)14-8-4-2-6-12(14)16(22)20(18)10-9-19(15)17/h1-8,23-24H,9-10H2/t17-,18-/m0/s1. The molecule has 0 spiro atoms. The molecule has 2 atom stereocenters. The van der Waals surface area contributed by atoms with Crippen molar-refractivity contribution in [3.63, 3.8) is 0 Å². The molecule has 2 N–H and O–H groups in total. The largest absolute Gasteiger partial charge is 0.363 e. The van der Waals surface area contributed by atoms with Crippen LogP contribution in [0.4, 0.5) is 0 Å². The van der Waals surface area contributed by atoms with Crippen LogP contribution in [0.25, 0.3) is 0 Å². The molecular formula is C18H14N2O4. The Morgan fingerprint density at radius 1 is 0.708 bits per heavy atom. The molecule has 24 heavy (non-hydrogen) atoms. The van der Waals surface area contributed by atoms with Crippen molar-refractivity contribution in [1.82, 2.24) is 9.80 Å². The van der Waals surface area contributed by atoms with Crippen LogP contribution in [0.5, 0.6) is 0 Å². The van der Waals surface area contributed by atoms with E-state index < -0.39 is 11.4 Å². The molecule has 0 aliphatic carbocycles. The molecule has 0 aromatic heterocycles. The molecule has 3 heterocycles. The van der Waals surface area contributed by atoms with Crippen LogP contribution in [0, 0.1) is 0 Å². The van der Waals surface area contributed by atoms with Crippen LogP contribution in [0.1, 0.15) is 31.8 Å². The topological polar surface area (TPSA) is 81.1 Å². The molecule has 6 heteroatoms. The van der Waals surface area contributed by atoms with Gasteiger partial charge in [0.15, 0.2) is 0 Å². The zero-order valence-electron chi connectivity index (χ0n) is 12.6. The molecule has 2 aromatic rings. The fraction of sp³-hybridized carbons (Fsp3) is 0.222. The van der Waals surface area contributed by atoms with E-state index in [1.165, 1.54) is 9.80 Å². The molecule has 5 rings (SSSR count). The molecule has 2 aromatic carbocycles. The van der Waals surface area contributed by atoms with Gasteiger partial charge in [-0.3, -0.25) is 9.59 Å². The molecule has 3 aliphatic rings. The smallest absolute Gasteiger partial charge is 0.257 e. The number of benzene rings is 2.